The minimum Gasteiger partial charge on any atom is -0.457 e. The SMILES string of the molecule is O=C(Cc1cccc(Oc2ccccc2)c1)c1cnc(-c2ncc(C(=O)Nc3cccc(Oc4ccccc4)c3)o2)o1. The van der Waals surface area contributed by atoms with Crippen molar-refractivity contribution in [3.05, 3.63) is 139 Å². The number of para-hydroxylation sites is 2. The van der Waals surface area contributed by atoms with E-state index in [1.165, 1.54) is 12.4 Å². The highest BCUT2D eigenvalue weighted by Gasteiger charge is 2.20. The van der Waals surface area contributed by atoms with Crippen molar-refractivity contribution in [3.63, 3.8) is 0 Å². The number of carbonyl (C=O) groups excluding carboxylic acids is 2. The van der Waals surface area contributed by atoms with Gasteiger partial charge in [-0.05, 0) is 54.1 Å². The lowest BCUT2D eigenvalue weighted by Crippen LogP contribution is -2.10. The normalized spacial score (nSPS) is 10.7. The zero-order valence-corrected chi connectivity index (χ0v) is 22.1. The van der Waals surface area contributed by atoms with Crippen LogP contribution in [0.5, 0.6) is 23.0 Å². The first-order chi connectivity index (χ1) is 20.6. The molecule has 0 unspecified atom stereocenters. The summed E-state index contributed by atoms with van der Waals surface area (Å²) < 4.78 is 22.9. The first kappa shape index (κ1) is 26.3. The molecule has 0 spiro atoms. The van der Waals surface area contributed by atoms with Crippen molar-refractivity contribution in [3.8, 4) is 34.8 Å². The Morgan fingerprint density at radius 1 is 0.619 bits per heavy atom. The van der Waals surface area contributed by atoms with Gasteiger partial charge in [-0.25, -0.2) is 9.97 Å². The predicted molar refractivity (Wildman–Crippen MR) is 154 cm³/mol. The van der Waals surface area contributed by atoms with Crippen LogP contribution in [0.25, 0.3) is 11.8 Å². The van der Waals surface area contributed by atoms with E-state index in [-0.39, 0.29) is 35.5 Å². The highest BCUT2D eigenvalue weighted by molar-refractivity contribution is 6.02. The molecule has 0 radical (unpaired) electrons. The molecule has 2 heterocycles. The average molecular weight is 558 g/mol. The molecule has 1 N–H and O–H groups in total. The summed E-state index contributed by atoms with van der Waals surface area (Å²) in [6.45, 7) is 0. The number of hydrogen-bond acceptors (Lipinski definition) is 8. The van der Waals surface area contributed by atoms with Crippen molar-refractivity contribution < 1.29 is 27.9 Å². The number of carbonyl (C=O) groups is 2. The number of anilines is 1. The Balaban J connectivity index is 1.08. The molecule has 206 valence electrons. The summed E-state index contributed by atoms with van der Waals surface area (Å²) in [6.07, 6.45) is 2.65. The Kier molecular flexibility index (Phi) is 7.54. The number of amides is 1. The minimum absolute atomic E-state index is 0.0168. The number of ketones is 1. The molecule has 0 fully saturated rings. The minimum atomic E-state index is -0.522. The Bertz CT molecular complexity index is 1690. The number of aromatic nitrogens is 2. The Morgan fingerprint density at radius 2 is 1.17 bits per heavy atom. The molecule has 4 aromatic carbocycles. The number of hydrogen-bond donors (Lipinski definition) is 1. The van der Waals surface area contributed by atoms with Gasteiger partial charge in [-0.3, -0.25) is 9.59 Å². The molecule has 42 heavy (non-hydrogen) atoms. The third-order valence-electron chi connectivity index (χ3n) is 6.01. The number of nitrogens with zero attached hydrogens (tertiary/aromatic N) is 2. The van der Waals surface area contributed by atoms with Crippen LogP contribution in [0, 0.1) is 0 Å². The topological polar surface area (TPSA) is 117 Å². The lowest BCUT2D eigenvalue weighted by molar-refractivity contribution is 0.0964. The van der Waals surface area contributed by atoms with Gasteiger partial charge in [0, 0.05) is 18.2 Å². The third-order valence-corrected chi connectivity index (χ3v) is 6.01. The number of oxazole rings is 2. The van der Waals surface area contributed by atoms with E-state index in [4.69, 9.17) is 18.3 Å². The van der Waals surface area contributed by atoms with Gasteiger partial charge in [0.15, 0.2) is 5.76 Å². The second-order valence-corrected chi connectivity index (χ2v) is 9.12. The molecule has 0 atom stereocenters. The fraction of sp³-hybridized carbons (Fsp3) is 0.0303. The van der Waals surface area contributed by atoms with Gasteiger partial charge in [0.05, 0.1) is 12.4 Å². The van der Waals surface area contributed by atoms with Gasteiger partial charge in [-0.15, -0.1) is 0 Å². The molecule has 1 amide bonds. The Labute approximate surface area is 240 Å². The highest BCUT2D eigenvalue weighted by atomic mass is 16.5. The van der Waals surface area contributed by atoms with Gasteiger partial charge in [0.25, 0.3) is 17.7 Å². The maximum Gasteiger partial charge on any atom is 0.293 e. The number of Topliss-reactive ketones (excluding diaryl/α,β-unsaturated/α-hetero) is 1. The fourth-order valence-corrected chi connectivity index (χ4v) is 4.05. The summed E-state index contributed by atoms with van der Waals surface area (Å²) >= 11 is 0. The summed E-state index contributed by atoms with van der Waals surface area (Å²) in [6, 6.07) is 32.9. The molecule has 2 aromatic heterocycles. The number of ether oxygens (including phenoxy) is 2. The molecule has 0 saturated heterocycles. The first-order valence-electron chi connectivity index (χ1n) is 13.0. The van der Waals surface area contributed by atoms with Gasteiger partial charge in [-0.1, -0.05) is 54.6 Å². The van der Waals surface area contributed by atoms with Crippen molar-refractivity contribution in [1.82, 2.24) is 9.97 Å². The fourth-order valence-electron chi connectivity index (χ4n) is 4.05. The van der Waals surface area contributed by atoms with E-state index >= 15 is 0 Å². The number of benzene rings is 4. The van der Waals surface area contributed by atoms with Crippen LogP contribution in [0.1, 0.15) is 26.7 Å². The molecule has 0 saturated carbocycles. The van der Waals surface area contributed by atoms with Crippen molar-refractivity contribution in [2.75, 3.05) is 5.32 Å². The van der Waals surface area contributed by atoms with Crippen LogP contribution in [0.4, 0.5) is 5.69 Å². The lowest BCUT2D eigenvalue weighted by Gasteiger charge is -2.08. The van der Waals surface area contributed by atoms with E-state index in [1.54, 1.807) is 30.3 Å². The van der Waals surface area contributed by atoms with E-state index in [0.717, 1.165) is 5.56 Å². The molecule has 0 bridgehead atoms. The molecule has 0 aliphatic carbocycles. The maximum atomic E-state index is 12.9. The predicted octanol–water partition coefficient (Wildman–Crippen LogP) is 7.59. The summed E-state index contributed by atoms with van der Waals surface area (Å²) in [5, 5.41) is 2.75. The van der Waals surface area contributed by atoms with Crippen molar-refractivity contribution in [2.24, 2.45) is 0 Å². The van der Waals surface area contributed by atoms with Gasteiger partial charge in [0.2, 0.25) is 11.5 Å². The summed E-state index contributed by atoms with van der Waals surface area (Å²) in [4.78, 5) is 33.9. The lowest BCUT2D eigenvalue weighted by atomic mass is 10.1. The smallest absolute Gasteiger partial charge is 0.293 e. The summed E-state index contributed by atoms with van der Waals surface area (Å²) in [5.74, 6) is 1.69. The molecule has 6 aromatic rings. The Hall–Kier alpha value is -5.96. The van der Waals surface area contributed by atoms with E-state index in [0.29, 0.717) is 28.7 Å². The van der Waals surface area contributed by atoms with Crippen LogP contribution in [-0.4, -0.2) is 21.7 Å². The molecule has 9 heteroatoms. The van der Waals surface area contributed by atoms with Gasteiger partial charge in [-0.2, -0.15) is 0 Å². The van der Waals surface area contributed by atoms with Crippen LogP contribution in [0.2, 0.25) is 0 Å². The van der Waals surface area contributed by atoms with Crippen LogP contribution in [0.15, 0.2) is 130 Å². The summed E-state index contributed by atoms with van der Waals surface area (Å²) in [5.41, 5.74) is 1.26. The van der Waals surface area contributed by atoms with Gasteiger partial charge >= 0.3 is 0 Å². The van der Waals surface area contributed by atoms with E-state index in [9.17, 15) is 9.59 Å². The standard InChI is InChI=1S/C33H23N3O6/c37-28(18-22-9-7-15-26(17-22)39-24-11-3-1-4-12-24)29-20-34-32(41-29)33-35-21-30(42-33)31(38)36-23-10-8-16-27(19-23)40-25-13-5-2-6-14-25/h1-17,19-21H,18H2,(H,36,38). The zero-order valence-electron chi connectivity index (χ0n) is 22.1. The molecule has 9 nitrogen and oxygen atoms in total. The molecular formula is C33H23N3O6. The summed E-state index contributed by atoms with van der Waals surface area (Å²) in [7, 11) is 0. The van der Waals surface area contributed by atoms with Crippen LogP contribution in [0.3, 0.4) is 0 Å². The average Bonchev–Trinajstić information content (AvgIpc) is 3.70. The van der Waals surface area contributed by atoms with Crippen LogP contribution >= 0.6 is 0 Å². The second-order valence-electron chi connectivity index (χ2n) is 9.12. The molecular weight excluding hydrogens is 534 g/mol. The van der Waals surface area contributed by atoms with Crippen molar-refractivity contribution in [1.29, 1.82) is 0 Å². The monoisotopic (exact) mass is 557 g/mol. The van der Waals surface area contributed by atoms with Crippen molar-refractivity contribution in [2.45, 2.75) is 6.42 Å². The van der Waals surface area contributed by atoms with Crippen LogP contribution < -0.4 is 14.8 Å². The first-order valence-corrected chi connectivity index (χ1v) is 13.0. The second kappa shape index (κ2) is 12.1. The Morgan fingerprint density at radius 3 is 1.83 bits per heavy atom. The molecule has 0 aliphatic heterocycles. The molecule has 6 rings (SSSR count). The van der Waals surface area contributed by atoms with Gasteiger partial charge in [0.1, 0.15) is 23.0 Å². The van der Waals surface area contributed by atoms with E-state index in [1.807, 2.05) is 78.9 Å². The number of rotatable bonds is 10. The zero-order chi connectivity index (χ0) is 28.7. The van der Waals surface area contributed by atoms with Crippen LogP contribution in [-0.2, 0) is 6.42 Å². The highest BCUT2D eigenvalue weighted by Crippen LogP contribution is 2.26. The third kappa shape index (κ3) is 6.43. The van der Waals surface area contributed by atoms with E-state index < -0.39 is 5.91 Å². The van der Waals surface area contributed by atoms with Gasteiger partial charge < -0.3 is 23.6 Å². The largest absolute Gasteiger partial charge is 0.457 e. The maximum absolute atomic E-state index is 12.9. The quantitative estimate of drug-likeness (QED) is 0.171. The van der Waals surface area contributed by atoms with E-state index in [2.05, 4.69) is 15.3 Å². The van der Waals surface area contributed by atoms with Crippen molar-refractivity contribution >= 4 is 17.4 Å². The molecule has 0 aliphatic rings. The number of nitrogens with one attached hydrogen (secondary N) is 1.